The fourth-order valence-corrected chi connectivity index (χ4v) is 3.03. The smallest absolute Gasteiger partial charge is 0.408 e. The molecule has 132 valence electrons. The highest BCUT2D eigenvalue weighted by Crippen LogP contribution is 2.46. The van der Waals surface area contributed by atoms with Gasteiger partial charge in [-0.1, -0.05) is 0 Å². The molecule has 2 atom stereocenters. The molecule has 1 aliphatic carbocycles. The normalized spacial score (nSPS) is 22.1. The van der Waals surface area contributed by atoms with E-state index in [-0.39, 0.29) is 18.6 Å². The van der Waals surface area contributed by atoms with Gasteiger partial charge in [0.25, 0.3) is 0 Å². The Bertz CT molecular complexity index is 616. The van der Waals surface area contributed by atoms with Crippen molar-refractivity contribution in [2.24, 2.45) is 5.41 Å². The van der Waals surface area contributed by atoms with Crippen molar-refractivity contribution in [1.82, 2.24) is 5.32 Å². The predicted molar refractivity (Wildman–Crippen MR) is 84.1 cm³/mol. The minimum absolute atomic E-state index is 0.252. The minimum Gasteiger partial charge on any atom is -0.468 e. The second-order valence-electron chi connectivity index (χ2n) is 6.83. The molecule has 1 aliphatic rings. The molecule has 0 saturated heterocycles. The number of Topliss-reactive ketones (excluding diaryl/α,β-unsaturated/α-hetero) is 1. The Hall–Kier alpha value is -2.31. The van der Waals surface area contributed by atoms with Crippen LogP contribution >= 0.6 is 0 Å². The van der Waals surface area contributed by atoms with Crippen LogP contribution in [0.1, 0.15) is 51.8 Å². The van der Waals surface area contributed by atoms with Crippen molar-refractivity contribution in [1.29, 1.82) is 0 Å². The number of ether oxygens (including phenoxy) is 2. The summed E-state index contributed by atoms with van der Waals surface area (Å²) in [4.78, 5) is 37.3. The average Bonchev–Trinajstić information content (AvgIpc) is 3.12. The van der Waals surface area contributed by atoms with E-state index in [0.717, 1.165) is 0 Å². The van der Waals surface area contributed by atoms with Gasteiger partial charge in [0.2, 0.25) is 0 Å². The highest BCUT2D eigenvalue weighted by atomic mass is 16.6. The first kappa shape index (κ1) is 18.0. The Morgan fingerprint density at radius 3 is 2.54 bits per heavy atom. The molecule has 0 unspecified atom stereocenters. The van der Waals surface area contributed by atoms with Crippen LogP contribution in [0.3, 0.4) is 0 Å². The van der Waals surface area contributed by atoms with Gasteiger partial charge in [-0.25, -0.2) is 4.79 Å². The van der Waals surface area contributed by atoms with Gasteiger partial charge in [0.15, 0.2) is 11.2 Å². The summed E-state index contributed by atoms with van der Waals surface area (Å²) in [6.07, 6.45) is 1.76. The predicted octanol–water partition coefficient (Wildman–Crippen LogP) is 2.76. The van der Waals surface area contributed by atoms with E-state index in [1.165, 1.54) is 13.4 Å². The lowest BCUT2D eigenvalue weighted by atomic mass is 9.76. The maximum Gasteiger partial charge on any atom is 0.408 e. The van der Waals surface area contributed by atoms with Crippen LogP contribution in [-0.4, -0.2) is 30.6 Å². The lowest BCUT2D eigenvalue weighted by Crippen LogP contribution is -2.50. The maximum absolute atomic E-state index is 12.6. The van der Waals surface area contributed by atoms with Crippen LogP contribution in [0.25, 0.3) is 0 Å². The molecule has 1 saturated carbocycles. The lowest BCUT2D eigenvalue weighted by Gasteiger charge is -2.33. The third-order valence-corrected chi connectivity index (χ3v) is 4.00. The van der Waals surface area contributed by atoms with Gasteiger partial charge in [-0.05, 0) is 45.7 Å². The van der Waals surface area contributed by atoms with E-state index in [0.29, 0.717) is 12.2 Å². The number of esters is 1. The summed E-state index contributed by atoms with van der Waals surface area (Å²) >= 11 is 0. The Labute approximate surface area is 140 Å². The third-order valence-electron chi connectivity index (χ3n) is 4.00. The van der Waals surface area contributed by atoms with E-state index in [1.54, 1.807) is 32.9 Å². The summed E-state index contributed by atoms with van der Waals surface area (Å²) in [7, 11) is 1.22. The van der Waals surface area contributed by atoms with Gasteiger partial charge in [-0.3, -0.25) is 9.59 Å². The monoisotopic (exact) mass is 337 g/mol. The first-order chi connectivity index (χ1) is 11.2. The molecule has 24 heavy (non-hydrogen) atoms. The van der Waals surface area contributed by atoms with Gasteiger partial charge in [0, 0.05) is 6.42 Å². The number of hydrogen-bond donors (Lipinski definition) is 1. The quantitative estimate of drug-likeness (QED) is 0.670. The van der Waals surface area contributed by atoms with Gasteiger partial charge in [-0.15, -0.1) is 0 Å². The Balaban J connectivity index is 2.40. The zero-order chi connectivity index (χ0) is 18.0. The molecule has 0 radical (unpaired) electrons. The largest absolute Gasteiger partial charge is 0.468 e. The number of ketones is 1. The molecule has 1 heterocycles. The zero-order valence-electron chi connectivity index (χ0n) is 14.4. The average molecular weight is 337 g/mol. The molecule has 1 fully saturated rings. The van der Waals surface area contributed by atoms with E-state index >= 15 is 0 Å². The van der Waals surface area contributed by atoms with E-state index in [2.05, 4.69) is 5.32 Å². The fraction of sp³-hybridized carbons (Fsp3) is 0.588. The van der Waals surface area contributed by atoms with Crippen LogP contribution in [0.2, 0.25) is 0 Å². The van der Waals surface area contributed by atoms with E-state index < -0.39 is 29.1 Å². The van der Waals surface area contributed by atoms with Crippen molar-refractivity contribution in [2.45, 2.75) is 51.7 Å². The van der Waals surface area contributed by atoms with Crippen LogP contribution < -0.4 is 5.32 Å². The Morgan fingerprint density at radius 1 is 1.38 bits per heavy atom. The van der Waals surface area contributed by atoms with Gasteiger partial charge in [0.1, 0.15) is 17.4 Å². The van der Waals surface area contributed by atoms with E-state index in [1.807, 2.05) is 0 Å². The lowest BCUT2D eigenvalue weighted by molar-refractivity contribution is -0.159. The summed E-state index contributed by atoms with van der Waals surface area (Å²) in [6.45, 7) is 5.18. The first-order valence-corrected chi connectivity index (χ1v) is 7.85. The van der Waals surface area contributed by atoms with Crippen molar-refractivity contribution in [2.75, 3.05) is 7.11 Å². The summed E-state index contributed by atoms with van der Waals surface area (Å²) in [5, 5.41) is 2.63. The van der Waals surface area contributed by atoms with Gasteiger partial charge < -0.3 is 19.2 Å². The summed E-state index contributed by atoms with van der Waals surface area (Å²) in [5.74, 6) is -0.643. The van der Waals surface area contributed by atoms with Crippen molar-refractivity contribution in [3.63, 3.8) is 0 Å². The van der Waals surface area contributed by atoms with Crippen LogP contribution in [-0.2, 0) is 19.1 Å². The first-order valence-electron chi connectivity index (χ1n) is 7.85. The molecule has 2 rings (SSSR count). The number of amides is 1. The number of carbonyl (C=O) groups excluding carboxylic acids is 3. The standard InChI is InChI=1S/C17H23NO6/c1-16(2,3)24-15(21)18-13(11-7-6-10-23-11)17(14(20)22-4)9-5-8-12(17)19/h6-7,10,13H,5,8-9H2,1-4H3,(H,18,21)/t13-,17-/m1/s1. The molecule has 0 spiro atoms. The van der Waals surface area contributed by atoms with Crippen molar-refractivity contribution >= 4 is 17.8 Å². The zero-order valence-corrected chi connectivity index (χ0v) is 14.4. The van der Waals surface area contributed by atoms with Crippen LogP contribution in [0.4, 0.5) is 4.79 Å². The van der Waals surface area contributed by atoms with Crippen LogP contribution in [0.15, 0.2) is 22.8 Å². The third kappa shape index (κ3) is 3.44. The highest BCUT2D eigenvalue weighted by molar-refractivity contribution is 6.06. The Morgan fingerprint density at radius 2 is 2.08 bits per heavy atom. The van der Waals surface area contributed by atoms with Crippen LogP contribution in [0, 0.1) is 5.41 Å². The fourth-order valence-electron chi connectivity index (χ4n) is 3.03. The van der Waals surface area contributed by atoms with Crippen molar-refractivity contribution < 1.29 is 28.3 Å². The van der Waals surface area contributed by atoms with Gasteiger partial charge in [0.05, 0.1) is 13.4 Å². The number of furan rings is 1. The molecular weight excluding hydrogens is 314 g/mol. The summed E-state index contributed by atoms with van der Waals surface area (Å²) in [5.41, 5.74) is -2.21. The number of rotatable bonds is 4. The molecule has 0 bridgehead atoms. The SMILES string of the molecule is COC(=O)[C@]1([C@H](NC(=O)OC(C)(C)C)c2ccco2)CCCC1=O. The minimum atomic E-state index is -1.50. The molecule has 1 amide bonds. The number of hydrogen-bond acceptors (Lipinski definition) is 6. The molecule has 0 aromatic carbocycles. The number of nitrogens with one attached hydrogen (secondary N) is 1. The molecule has 0 aliphatic heterocycles. The second-order valence-corrected chi connectivity index (χ2v) is 6.83. The van der Waals surface area contributed by atoms with Gasteiger partial charge in [-0.2, -0.15) is 0 Å². The topological polar surface area (TPSA) is 94.8 Å². The van der Waals surface area contributed by atoms with E-state index in [4.69, 9.17) is 13.9 Å². The maximum atomic E-state index is 12.6. The molecule has 1 aromatic heterocycles. The summed E-state index contributed by atoms with van der Waals surface area (Å²) < 4.78 is 15.5. The molecule has 1 N–H and O–H groups in total. The van der Waals surface area contributed by atoms with Crippen molar-refractivity contribution in [3.8, 4) is 0 Å². The highest BCUT2D eigenvalue weighted by Gasteiger charge is 2.57. The Kier molecular flexibility index (Phi) is 5.01. The number of alkyl carbamates (subject to hydrolysis) is 1. The van der Waals surface area contributed by atoms with E-state index in [9.17, 15) is 14.4 Å². The molecular formula is C17H23NO6. The summed E-state index contributed by atoms with van der Waals surface area (Å²) in [6, 6.07) is 2.26. The second kappa shape index (κ2) is 6.67. The van der Waals surface area contributed by atoms with Crippen LogP contribution in [0.5, 0.6) is 0 Å². The molecule has 7 heteroatoms. The van der Waals surface area contributed by atoms with Gasteiger partial charge >= 0.3 is 12.1 Å². The molecule has 7 nitrogen and oxygen atoms in total. The molecule has 1 aromatic rings. The number of methoxy groups -OCH3 is 1. The van der Waals surface area contributed by atoms with Crippen molar-refractivity contribution in [3.05, 3.63) is 24.2 Å². The number of carbonyl (C=O) groups is 3.